The first kappa shape index (κ1) is 27.9. The highest BCUT2D eigenvalue weighted by atomic mass is 35.5. The first-order valence-corrected chi connectivity index (χ1v) is 9.80. The summed E-state index contributed by atoms with van der Waals surface area (Å²) in [5, 5.41) is 2.91. The molecule has 1 aliphatic heterocycles. The Labute approximate surface area is 187 Å². The number of nitrogens with one attached hydrogen (secondary N) is 1. The van der Waals surface area contributed by atoms with Crippen LogP contribution in [0.25, 0.3) is 0 Å². The summed E-state index contributed by atoms with van der Waals surface area (Å²) in [5.41, 5.74) is 6.74. The van der Waals surface area contributed by atoms with Crippen LogP contribution in [0.2, 0.25) is 0 Å². The zero-order chi connectivity index (χ0) is 19.9. The van der Waals surface area contributed by atoms with E-state index in [4.69, 9.17) is 15.2 Å². The fourth-order valence-electron chi connectivity index (χ4n) is 3.05. The zero-order valence-corrected chi connectivity index (χ0v) is 19.6. The first-order chi connectivity index (χ1) is 12.8. The summed E-state index contributed by atoms with van der Waals surface area (Å²) in [6, 6.07) is 7.89. The van der Waals surface area contributed by atoms with Crippen molar-refractivity contribution in [2.45, 2.75) is 52.2 Å². The molecular weight excluding hydrogens is 413 g/mol. The van der Waals surface area contributed by atoms with Crippen LogP contribution in [0.5, 0.6) is 5.75 Å². The van der Waals surface area contributed by atoms with Gasteiger partial charge in [-0.2, -0.15) is 0 Å². The van der Waals surface area contributed by atoms with Gasteiger partial charge < -0.3 is 20.5 Å². The fraction of sp³-hybridized carbons (Fsp3) is 0.667. The minimum Gasteiger partial charge on any atom is -0.492 e. The molecule has 0 aromatic heterocycles. The number of nitrogens with two attached hydrogens (primary N) is 1. The standard InChI is InChI=1S/C21H35N3O3.2ClH/c1-21(2,3)19(22)20(25)23-15-16-6-5-7-18(14-16)27-13-10-24(4)17-8-11-26-12-9-17;;/h5-7,14,17,19H,8-13,15,22H2,1-4H3,(H,23,25);2*1H/t19-;;/m1../s1. The van der Waals surface area contributed by atoms with Crippen molar-refractivity contribution in [3.8, 4) is 5.75 Å². The van der Waals surface area contributed by atoms with Gasteiger partial charge in [-0.1, -0.05) is 32.9 Å². The molecule has 6 nitrogen and oxygen atoms in total. The Bertz CT molecular complexity index is 605. The number of rotatable bonds is 8. The second-order valence-electron chi connectivity index (χ2n) is 8.38. The number of carbonyl (C=O) groups excluding carboxylic acids is 1. The van der Waals surface area contributed by atoms with Crippen LogP contribution in [0, 0.1) is 5.41 Å². The van der Waals surface area contributed by atoms with Crippen LogP contribution in [-0.4, -0.2) is 56.3 Å². The maximum absolute atomic E-state index is 12.2. The molecule has 3 N–H and O–H groups in total. The predicted molar refractivity (Wildman–Crippen MR) is 122 cm³/mol. The van der Waals surface area contributed by atoms with E-state index in [9.17, 15) is 4.79 Å². The van der Waals surface area contributed by atoms with E-state index < -0.39 is 6.04 Å². The Balaban J connectivity index is 0.00000392. The third-order valence-corrected chi connectivity index (χ3v) is 5.11. The van der Waals surface area contributed by atoms with Gasteiger partial charge in [0.1, 0.15) is 12.4 Å². The number of halogens is 2. The van der Waals surface area contributed by atoms with E-state index in [1.54, 1.807) is 0 Å². The van der Waals surface area contributed by atoms with Crippen LogP contribution in [0.3, 0.4) is 0 Å². The highest BCUT2D eigenvalue weighted by Crippen LogP contribution is 2.18. The molecule has 2 rings (SSSR count). The van der Waals surface area contributed by atoms with Gasteiger partial charge in [0.25, 0.3) is 0 Å². The van der Waals surface area contributed by atoms with Crippen molar-refractivity contribution in [2.24, 2.45) is 11.1 Å². The van der Waals surface area contributed by atoms with Crippen LogP contribution < -0.4 is 15.8 Å². The SMILES string of the molecule is CN(CCOc1cccc(CNC(=O)[C@@H](N)C(C)(C)C)c1)C1CCOCC1.Cl.Cl. The van der Waals surface area contributed by atoms with E-state index in [1.807, 2.05) is 45.0 Å². The van der Waals surface area contributed by atoms with Gasteiger partial charge in [-0.05, 0) is 43.0 Å². The molecule has 0 radical (unpaired) electrons. The average molecular weight is 450 g/mol. The third kappa shape index (κ3) is 9.53. The van der Waals surface area contributed by atoms with E-state index >= 15 is 0 Å². The maximum atomic E-state index is 12.2. The van der Waals surface area contributed by atoms with Gasteiger partial charge in [0, 0.05) is 32.3 Å². The zero-order valence-electron chi connectivity index (χ0n) is 18.0. The molecule has 0 bridgehead atoms. The molecule has 0 spiro atoms. The van der Waals surface area contributed by atoms with E-state index in [1.165, 1.54) is 0 Å². The van der Waals surface area contributed by atoms with Crippen LogP contribution in [0.4, 0.5) is 0 Å². The van der Waals surface area contributed by atoms with E-state index in [2.05, 4.69) is 17.3 Å². The van der Waals surface area contributed by atoms with Crippen molar-refractivity contribution in [1.82, 2.24) is 10.2 Å². The molecular formula is C21H37Cl2N3O3. The number of hydrogen-bond acceptors (Lipinski definition) is 5. The van der Waals surface area contributed by atoms with Gasteiger partial charge in [-0.3, -0.25) is 9.69 Å². The van der Waals surface area contributed by atoms with Gasteiger partial charge in [-0.25, -0.2) is 0 Å². The lowest BCUT2D eigenvalue weighted by atomic mass is 9.87. The number of ether oxygens (including phenoxy) is 2. The summed E-state index contributed by atoms with van der Waals surface area (Å²) < 4.78 is 11.3. The second-order valence-corrected chi connectivity index (χ2v) is 8.38. The number of benzene rings is 1. The third-order valence-electron chi connectivity index (χ3n) is 5.11. The van der Waals surface area contributed by atoms with Gasteiger partial charge in [-0.15, -0.1) is 24.8 Å². The van der Waals surface area contributed by atoms with Crippen LogP contribution in [0.1, 0.15) is 39.2 Å². The van der Waals surface area contributed by atoms with Crippen molar-refractivity contribution in [2.75, 3.05) is 33.4 Å². The number of carbonyl (C=O) groups is 1. The number of amides is 1. The average Bonchev–Trinajstić information content (AvgIpc) is 2.65. The molecule has 29 heavy (non-hydrogen) atoms. The number of nitrogens with zero attached hydrogens (tertiary/aromatic N) is 1. The molecule has 1 aromatic carbocycles. The van der Waals surface area contributed by atoms with Crippen molar-refractivity contribution < 1.29 is 14.3 Å². The molecule has 168 valence electrons. The van der Waals surface area contributed by atoms with Gasteiger partial charge in [0.15, 0.2) is 0 Å². The summed E-state index contributed by atoms with van der Waals surface area (Å²) >= 11 is 0. The Kier molecular flexibility index (Phi) is 12.8. The van der Waals surface area contributed by atoms with Crippen LogP contribution >= 0.6 is 24.8 Å². The molecule has 1 fully saturated rings. The minimum absolute atomic E-state index is 0. The molecule has 0 saturated carbocycles. The summed E-state index contributed by atoms with van der Waals surface area (Å²) in [4.78, 5) is 14.5. The van der Waals surface area contributed by atoms with Gasteiger partial charge in [0.05, 0.1) is 6.04 Å². The smallest absolute Gasteiger partial charge is 0.237 e. The summed E-state index contributed by atoms with van der Waals surface area (Å²) in [5.74, 6) is 0.689. The quantitative estimate of drug-likeness (QED) is 0.637. The highest BCUT2D eigenvalue weighted by Gasteiger charge is 2.27. The van der Waals surface area contributed by atoms with Crippen LogP contribution in [-0.2, 0) is 16.1 Å². The van der Waals surface area contributed by atoms with E-state index in [0.717, 1.165) is 43.9 Å². The largest absolute Gasteiger partial charge is 0.492 e. The molecule has 1 heterocycles. The monoisotopic (exact) mass is 449 g/mol. The van der Waals surface area contributed by atoms with E-state index in [-0.39, 0.29) is 36.1 Å². The summed E-state index contributed by atoms with van der Waals surface area (Å²) in [7, 11) is 2.14. The second kappa shape index (κ2) is 13.3. The van der Waals surface area contributed by atoms with Crippen LogP contribution in [0.15, 0.2) is 24.3 Å². The Morgan fingerprint density at radius 1 is 1.31 bits per heavy atom. The Morgan fingerprint density at radius 2 is 1.97 bits per heavy atom. The van der Waals surface area contributed by atoms with Gasteiger partial charge in [0.2, 0.25) is 5.91 Å². The normalized spacial score (nSPS) is 15.8. The molecule has 8 heteroatoms. The predicted octanol–water partition coefficient (Wildman–Crippen LogP) is 3.01. The van der Waals surface area contributed by atoms with Crippen molar-refractivity contribution in [3.63, 3.8) is 0 Å². The summed E-state index contributed by atoms with van der Waals surface area (Å²) in [6.07, 6.45) is 2.17. The highest BCUT2D eigenvalue weighted by molar-refractivity contribution is 5.85. The maximum Gasteiger partial charge on any atom is 0.237 e. The van der Waals surface area contributed by atoms with Crippen molar-refractivity contribution >= 4 is 30.7 Å². The lowest BCUT2D eigenvalue weighted by molar-refractivity contribution is -0.124. The molecule has 1 saturated heterocycles. The number of hydrogen-bond donors (Lipinski definition) is 2. The molecule has 0 unspecified atom stereocenters. The minimum atomic E-state index is -0.530. The van der Waals surface area contributed by atoms with Crippen molar-refractivity contribution in [3.05, 3.63) is 29.8 Å². The lowest BCUT2D eigenvalue weighted by Gasteiger charge is -2.31. The Morgan fingerprint density at radius 3 is 2.59 bits per heavy atom. The van der Waals surface area contributed by atoms with E-state index in [0.29, 0.717) is 19.2 Å². The molecule has 1 aromatic rings. The molecule has 1 aliphatic rings. The topological polar surface area (TPSA) is 76.8 Å². The fourth-order valence-corrected chi connectivity index (χ4v) is 3.05. The Hall–Kier alpha value is -1.05. The number of likely N-dealkylation sites (N-methyl/N-ethyl adjacent to an activating group) is 1. The van der Waals surface area contributed by atoms with Gasteiger partial charge >= 0.3 is 0 Å². The molecule has 1 amide bonds. The first-order valence-electron chi connectivity index (χ1n) is 9.80. The lowest BCUT2D eigenvalue weighted by Crippen LogP contribution is -2.48. The molecule has 1 atom stereocenters. The summed E-state index contributed by atoms with van der Waals surface area (Å²) in [6.45, 7) is 9.55. The molecule has 0 aliphatic carbocycles. The van der Waals surface area contributed by atoms with Crippen molar-refractivity contribution in [1.29, 1.82) is 0 Å².